The van der Waals surface area contributed by atoms with E-state index >= 15 is 0 Å². The van der Waals surface area contributed by atoms with Crippen LogP contribution in [-0.2, 0) is 0 Å². The molecule has 0 bridgehead atoms. The molecule has 0 fully saturated rings. The van der Waals surface area contributed by atoms with Crippen LogP contribution < -0.4 is 15.2 Å². The minimum atomic E-state index is -0.587. The van der Waals surface area contributed by atoms with Gasteiger partial charge in [-0.3, -0.25) is 14.9 Å². The number of methoxy groups -OCH3 is 2. The summed E-state index contributed by atoms with van der Waals surface area (Å²) in [4.78, 5) is 27.6. The number of carbonyl (C=O) groups is 1. The van der Waals surface area contributed by atoms with Crippen LogP contribution in [0.25, 0.3) is 0 Å². The molecule has 0 saturated heterocycles. The quantitative estimate of drug-likeness (QED) is 0.480. The minimum Gasteiger partial charge on any atom is -0.493 e. The summed E-state index contributed by atoms with van der Waals surface area (Å²) >= 11 is 1.30. The fourth-order valence-electron chi connectivity index (χ4n) is 2.26. The van der Waals surface area contributed by atoms with Crippen molar-refractivity contribution in [2.45, 2.75) is 13.8 Å². The Morgan fingerprint density at radius 3 is 2.40 bits per heavy atom. The Balaban J connectivity index is 2.57. The first-order chi connectivity index (χ1) is 11.8. The molecule has 132 valence electrons. The molecular weight excluding hydrogens is 346 g/mol. The van der Waals surface area contributed by atoms with Crippen molar-refractivity contribution in [2.75, 3.05) is 14.2 Å². The van der Waals surface area contributed by atoms with Crippen molar-refractivity contribution < 1.29 is 19.2 Å². The number of nitrogens with two attached hydrogens (primary N) is 1. The van der Waals surface area contributed by atoms with E-state index in [1.54, 1.807) is 6.92 Å². The summed E-state index contributed by atoms with van der Waals surface area (Å²) in [5.74, 6) is -0.00832. The molecule has 2 aromatic rings. The van der Waals surface area contributed by atoms with Gasteiger partial charge in [0.05, 0.1) is 36.3 Å². The second-order valence-electron chi connectivity index (χ2n) is 5.11. The van der Waals surface area contributed by atoms with E-state index in [1.807, 2.05) is 6.92 Å². The van der Waals surface area contributed by atoms with Gasteiger partial charge >= 0.3 is 0 Å². The number of amides is 1. The number of rotatable bonds is 6. The van der Waals surface area contributed by atoms with Crippen molar-refractivity contribution in [3.63, 3.8) is 0 Å². The molecule has 1 heterocycles. The third-order valence-corrected chi connectivity index (χ3v) is 4.78. The van der Waals surface area contributed by atoms with Gasteiger partial charge < -0.3 is 15.2 Å². The van der Waals surface area contributed by atoms with Crippen molar-refractivity contribution in [1.29, 1.82) is 0 Å². The number of nitro benzene ring substituents is 1. The molecule has 0 spiro atoms. The Kier molecular flexibility index (Phi) is 5.38. The van der Waals surface area contributed by atoms with Crippen LogP contribution in [0.15, 0.2) is 17.1 Å². The second-order valence-corrected chi connectivity index (χ2v) is 6.31. The van der Waals surface area contributed by atoms with Gasteiger partial charge in [-0.05, 0) is 25.5 Å². The van der Waals surface area contributed by atoms with Crippen molar-refractivity contribution in [1.82, 2.24) is 0 Å². The van der Waals surface area contributed by atoms with Gasteiger partial charge in [-0.15, -0.1) is 11.3 Å². The number of thiophene rings is 1. The van der Waals surface area contributed by atoms with Crippen molar-refractivity contribution in [2.24, 2.45) is 10.7 Å². The average Bonchev–Trinajstić information content (AvgIpc) is 2.86. The van der Waals surface area contributed by atoms with Crippen molar-refractivity contribution >= 4 is 34.1 Å². The SMILES string of the molecule is COc1cc(/C=N/c2sc(C)c(C)c2C(N)=O)c([N+](=O)[O-])cc1OC. The van der Waals surface area contributed by atoms with Crippen LogP contribution in [0.2, 0.25) is 0 Å². The normalized spacial score (nSPS) is 10.9. The predicted molar refractivity (Wildman–Crippen MR) is 95.8 cm³/mol. The lowest BCUT2D eigenvalue weighted by molar-refractivity contribution is -0.385. The van der Waals surface area contributed by atoms with E-state index in [9.17, 15) is 14.9 Å². The van der Waals surface area contributed by atoms with Gasteiger partial charge in [0.2, 0.25) is 0 Å². The lowest BCUT2D eigenvalue weighted by Gasteiger charge is -2.08. The Bertz CT molecular complexity index is 873. The van der Waals surface area contributed by atoms with Crippen LogP contribution in [0.4, 0.5) is 10.7 Å². The number of nitrogens with zero attached hydrogens (tertiary/aromatic N) is 2. The maximum atomic E-state index is 11.6. The van der Waals surface area contributed by atoms with Gasteiger partial charge in [-0.2, -0.15) is 0 Å². The van der Waals surface area contributed by atoms with E-state index in [4.69, 9.17) is 15.2 Å². The number of nitro groups is 1. The van der Waals surface area contributed by atoms with E-state index in [-0.39, 0.29) is 17.0 Å². The highest BCUT2D eigenvalue weighted by Gasteiger charge is 2.20. The van der Waals surface area contributed by atoms with Gasteiger partial charge in [0.25, 0.3) is 11.6 Å². The smallest absolute Gasteiger partial charge is 0.282 e. The first-order valence-electron chi connectivity index (χ1n) is 7.14. The molecule has 25 heavy (non-hydrogen) atoms. The molecule has 0 aliphatic carbocycles. The summed E-state index contributed by atoms with van der Waals surface area (Å²) in [6.45, 7) is 3.63. The largest absolute Gasteiger partial charge is 0.493 e. The second kappa shape index (κ2) is 7.31. The molecule has 2 rings (SSSR count). The zero-order valence-electron chi connectivity index (χ0n) is 14.2. The number of aliphatic imine (C=N–C) groups is 1. The summed E-state index contributed by atoms with van der Waals surface area (Å²) in [6, 6.07) is 2.72. The predicted octanol–water partition coefficient (Wildman–Crippen LogP) is 3.14. The highest BCUT2D eigenvalue weighted by molar-refractivity contribution is 7.16. The molecular formula is C16H17N3O5S. The van der Waals surface area contributed by atoms with Gasteiger partial charge in [0.1, 0.15) is 5.00 Å². The third-order valence-electron chi connectivity index (χ3n) is 3.66. The summed E-state index contributed by atoms with van der Waals surface area (Å²) < 4.78 is 10.2. The molecule has 0 radical (unpaired) electrons. The fourth-order valence-corrected chi connectivity index (χ4v) is 3.27. The molecule has 9 heteroatoms. The Morgan fingerprint density at radius 2 is 1.88 bits per heavy atom. The topological polar surface area (TPSA) is 117 Å². The highest BCUT2D eigenvalue weighted by Crippen LogP contribution is 2.36. The maximum Gasteiger partial charge on any atom is 0.282 e. The lowest BCUT2D eigenvalue weighted by atomic mass is 10.1. The Hall–Kier alpha value is -2.94. The minimum absolute atomic E-state index is 0.188. The number of hydrogen-bond donors (Lipinski definition) is 1. The average molecular weight is 363 g/mol. The summed E-state index contributed by atoms with van der Waals surface area (Å²) in [5.41, 5.74) is 6.52. The molecule has 1 aromatic carbocycles. The van der Waals surface area contributed by atoms with E-state index in [0.717, 1.165) is 10.4 Å². The van der Waals surface area contributed by atoms with Gasteiger partial charge in [0.15, 0.2) is 11.5 Å². The molecule has 0 saturated carbocycles. The molecule has 8 nitrogen and oxygen atoms in total. The van der Waals surface area contributed by atoms with E-state index < -0.39 is 10.8 Å². The van der Waals surface area contributed by atoms with E-state index in [0.29, 0.717) is 16.3 Å². The van der Waals surface area contributed by atoms with E-state index in [2.05, 4.69) is 4.99 Å². The molecule has 0 aliphatic heterocycles. The summed E-state index contributed by atoms with van der Waals surface area (Å²) in [5, 5.41) is 11.7. The van der Waals surface area contributed by atoms with Crippen molar-refractivity contribution in [3.05, 3.63) is 43.8 Å². The van der Waals surface area contributed by atoms with Gasteiger partial charge in [0, 0.05) is 11.1 Å². The lowest BCUT2D eigenvalue weighted by Crippen LogP contribution is -2.11. The monoisotopic (exact) mass is 363 g/mol. The highest BCUT2D eigenvalue weighted by atomic mass is 32.1. The number of primary amides is 1. The fraction of sp³-hybridized carbons (Fsp3) is 0.250. The number of benzene rings is 1. The number of aryl methyl sites for hydroxylation is 1. The maximum absolute atomic E-state index is 11.6. The first-order valence-corrected chi connectivity index (χ1v) is 7.96. The summed E-state index contributed by atoms with van der Waals surface area (Å²) in [6.07, 6.45) is 1.32. The van der Waals surface area contributed by atoms with Crippen LogP contribution in [-0.4, -0.2) is 31.3 Å². The molecule has 0 atom stereocenters. The third kappa shape index (κ3) is 3.61. The Morgan fingerprint density at radius 1 is 1.28 bits per heavy atom. The van der Waals surface area contributed by atoms with Crippen LogP contribution in [0, 0.1) is 24.0 Å². The molecule has 2 N–H and O–H groups in total. The Labute approximate surface area is 148 Å². The molecule has 0 aliphatic rings. The standard InChI is InChI=1S/C16H17N3O5S/c1-8-9(2)25-16(14(8)15(17)20)18-7-10-5-12(23-3)13(24-4)6-11(10)19(21)22/h5-7H,1-4H3,(H2,17,20)/b18-7+. The summed E-state index contributed by atoms with van der Waals surface area (Å²) in [7, 11) is 2.83. The molecule has 1 amide bonds. The zero-order chi connectivity index (χ0) is 18.7. The molecule has 0 unspecified atom stereocenters. The van der Waals surface area contributed by atoms with Crippen LogP contribution in [0.5, 0.6) is 11.5 Å². The number of ether oxygens (including phenoxy) is 2. The zero-order valence-corrected chi connectivity index (χ0v) is 15.0. The van der Waals surface area contributed by atoms with Crippen LogP contribution in [0.1, 0.15) is 26.4 Å². The first kappa shape index (κ1) is 18.4. The van der Waals surface area contributed by atoms with Crippen LogP contribution >= 0.6 is 11.3 Å². The van der Waals surface area contributed by atoms with Gasteiger partial charge in [-0.1, -0.05) is 0 Å². The number of carbonyl (C=O) groups excluding carboxylic acids is 1. The van der Waals surface area contributed by atoms with E-state index in [1.165, 1.54) is 43.9 Å². The van der Waals surface area contributed by atoms with Crippen molar-refractivity contribution in [3.8, 4) is 11.5 Å². The van der Waals surface area contributed by atoms with Gasteiger partial charge in [-0.25, -0.2) is 4.99 Å². The number of hydrogen-bond acceptors (Lipinski definition) is 7. The van der Waals surface area contributed by atoms with Crippen LogP contribution in [0.3, 0.4) is 0 Å². The molecule has 1 aromatic heterocycles.